The van der Waals surface area contributed by atoms with Crippen LogP contribution in [0.5, 0.6) is 0 Å². The molecule has 1 aromatic carbocycles. The number of amides is 2. The molecule has 2 amide bonds. The summed E-state index contributed by atoms with van der Waals surface area (Å²) in [4.78, 5) is 22.4. The molecular formula is C11H8Br2FNO2. The quantitative estimate of drug-likeness (QED) is 0.614. The number of carbonyl (C=O) groups is 2. The maximum Gasteiger partial charge on any atom is 0.241 e. The van der Waals surface area contributed by atoms with Crippen LogP contribution in [0.3, 0.4) is 0 Å². The molecule has 0 radical (unpaired) electrons. The number of benzene rings is 1. The van der Waals surface area contributed by atoms with Gasteiger partial charge < -0.3 is 0 Å². The molecule has 0 bridgehead atoms. The number of nitrogens with one attached hydrogen (secondary N) is 1. The van der Waals surface area contributed by atoms with Crippen LogP contribution in [0.4, 0.5) is 4.39 Å². The Labute approximate surface area is 114 Å². The second-order valence-corrected chi connectivity index (χ2v) is 5.70. The first kappa shape index (κ1) is 12.7. The number of alkyl halides is 1. The number of hydrogen-bond acceptors (Lipinski definition) is 2. The molecule has 1 N–H and O–H groups in total. The molecule has 0 saturated carbocycles. The van der Waals surface area contributed by atoms with Gasteiger partial charge in [0.2, 0.25) is 11.8 Å². The van der Waals surface area contributed by atoms with Crippen molar-refractivity contribution in [2.45, 2.75) is 17.7 Å². The van der Waals surface area contributed by atoms with Crippen LogP contribution in [0.1, 0.15) is 17.0 Å². The molecule has 0 aliphatic carbocycles. The van der Waals surface area contributed by atoms with Crippen LogP contribution >= 0.6 is 31.9 Å². The lowest BCUT2D eigenvalue weighted by Gasteiger charge is -2.14. The molecule has 17 heavy (non-hydrogen) atoms. The van der Waals surface area contributed by atoms with Gasteiger partial charge in [0.05, 0.1) is 10.4 Å². The average molecular weight is 365 g/mol. The topological polar surface area (TPSA) is 46.2 Å². The Balaban J connectivity index is 2.51. The Bertz CT molecular complexity index is 518. The third-order valence-electron chi connectivity index (χ3n) is 2.72. The molecule has 1 fully saturated rings. The van der Waals surface area contributed by atoms with Gasteiger partial charge in [0.25, 0.3) is 0 Å². The van der Waals surface area contributed by atoms with Crippen molar-refractivity contribution in [1.82, 2.24) is 5.32 Å². The molecule has 0 spiro atoms. The van der Waals surface area contributed by atoms with E-state index in [1.165, 1.54) is 6.07 Å². The molecule has 1 aliphatic heterocycles. The normalized spacial score (nSPS) is 24.0. The van der Waals surface area contributed by atoms with E-state index in [2.05, 4.69) is 37.2 Å². The van der Waals surface area contributed by atoms with Gasteiger partial charge in [-0.2, -0.15) is 0 Å². The van der Waals surface area contributed by atoms with E-state index < -0.39 is 10.7 Å². The molecule has 1 aliphatic rings. The van der Waals surface area contributed by atoms with Gasteiger partial charge in [-0.3, -0.25) is 14.9 Å². The van der Waals surface area contributed by atoms with Crippen LogP contribution in [-0.2, 0) is 9.59 Å². The first-order chi connectivity index (χ1) is 7.91. The van der Waals surface area contributed by atoms with E-state index in [0.717, 1.165) is 0 Å². The molecule has 2 unspecified atom stereocenters. The van der Waals surface area contributed by atoms with E-state index >= 15 is 0 Å². The lowest BCUT2D eigenvalue weighted by Crippen LogP contribution is -2.22. The molecule has 3 nitrogen and oxygen atoms in total. The van der Waals surface area contributed by atoms with Crippen LogP contribution in [0.25, 0.3) is 0 Å². The van der Waals surface area contributed by atoms with Gasteiger partial charge in [-0.25, -0.2) is 4.39 Å². The standard InChI is InChI=1S/C11H8Br2FNO2/c1-4-2-7(14)6(12)3-5(4)8-9(13)11(17)15-10(8)16/h2-3,8-9H,1H3,(H,15,16,17). The molecule has 6 heteroatoms. The maximum atomic E-state index is 13.3. The van der Waals surface area contributed by atoms with Crippen molar-refractivity contribution in [3.63, 3.8) is 0 Å². The summed E-state index contributed by atoms with van der Waals surface area (Å²) in [6.45, 7) is 1.71. The summed E-state index contributed by atoms with van der Waals surface area (Å²) < 4.78 is 13.6. The zero-order valence-corrected chi connectivity index (χ0v) is 11.9. The van der Waals surface area contributed by atoms with Gasteiger partial charge in [0, 0.05) is 0 Å². The monoisotopic (exact) mass is 363 g/mol. The molecular weight excluding hydrogens is 357 g/mol. The summed E-state index contributed by atoms with van der Waals surface area (Å²) >= 11 is 6.26. The zero-order chi connectivity index (χ0) is 12.7. The third kappa shape index (κ3) is 2.15. The molecule has 1 heterocycles. The molecule has 90 valence electrons. The Morgan fingerprint density at radius 3 is 2.47 bits per heavy atom. The average Bonchev–Trinajstić information content (AvgIpc) is 2.48. The first-order valence-corrected chi connectivity index (χ1v) is 6.57. The number of aryl methyl sites for hydroxylation is 1. The smallest absolute Gasteiger partial charge is 0.241 e. The lowest BCUT2D eigenvalue weighted by molar-refractivity contribution is -0.125. The van der Waals surface area contributed by atoms with Gasteiger partial charge in [0.1, 0.15) is 10.6 Å². The fourth-order valence-electron chi connectivity index (χ4n) is 1.85. The highest BCUT2D eigenvalue weighted by atomic mass is 79.9. The fraction of sp³-hybridized carbons (Fsp3) is 0.273. The van der Waals surface area contributed by atoms with E-state index in [4.69, 9.17) is 0 Å². The van der Waals surface area contributed by atoms with Crippen LogP contribution < -0.4 is 5.32 Å². The first-order valence-electron chi connectivity index (χ1n) is 4.86. The summed E-state index contributed by atoms with van der Waals surface area (Å²) in [6.07, 6.45) is 0. The number of halogens is 3. The number of carbonyl (C=O) groups excluding carboxylic acids is 2. The van der Waals surface area contributed by atoms with Crippen molar-refractivity contribution in [2.75, 3.05) is 0 Å². The minimum atomic E-state index is -0.612. The maximum absolute atomic E-state index is 13.3. The van der Waals surface area contributed by atoms with Crippen LogP contribution in [-0.4, -0.2) is 16.6 Å². The van der Waals surface area contributed by atoms with E-state index in [1.807, 2.05) is 0 Å². The van der Waals surface area contributed by atoms with Gasteiger partial charge in [0.15, 0.2) is 0 Å². The highest BCUT2D eigenvalue weighted by Gasteiger charge is 2.41. The summed E-state index contributed by atoms with van der Waals surface area (Å²) in [5.41, 5.74) is 1.29. The summed E-state index contributed by atoms with van der Waals surface area (Å²) in [5, 5.41) is 2.24. The molecule has 2 rings (SSSR count). The molecule has 0 aromatic heterocycles. The number of imide groups is 1. The molecule has 1 saturated heterocycles. The van der Waals surface area contributed by atoms with Gasteiger partial charge >= 0.3 is 0 Å². The van der Waals surface area contributed by atoms with Gasteiger partial charge in [-0.15, -0.1) is 0 Å². The summed E-state index contributed by atoms with van der Waals surface area (Å²) in [7, 11) is 0. The molecule has 2 atom stereocenters. The fourth-order valence-corrected chi connectivity index (χ4v) is 2.85. The summed E-state index contributed by atoms with van der Waals surface area (Å²) in [6, 6.07) is 2.89. The van der Waals surface area contributed by atoms with Crippen molar-refractivity contribution in [3.05, 3.63) is 33.5 Å². The van der Waals surface area contributed by atoms with Crippen molar-refractivity contribution < 1.29 is 14.0 Å². The van der Waals surface area contributed by atoms with Crippen molar-refractivity contribution in [1.29, 1.82) is 0 Å². The van der Waals surface area contributed by atoms with E-state index in [-0.39, 0.29) is 22.1 Å². The SMILES string of the molecule is Cc1cc(F)c(Br)cc1C1C(=O)NC(=O)C1Br. The van der Waals surface area contributed by atoms with Crippen molar-refractivity contribution in [3.8, 4) is 0 Å². The second kappa shape index (κ2) is 4.49. The van der Waals surface area contributed by atoms with E-state index in [9.17, 15) is 14.0 Å². The minimum absolute atomic E-state index is 0.282. The number of hydrogen-bond donors (Lipinski definition) is 1. The Hall–Kier alpha value is -0.750. The van der Waals surface area contributed by atoms with Crippen molar-refractivity contribution >= 4 is 43.7 Å². The van der Waals surface area contributed by atoms with Gasteiger partial charge in [-0.1, -0.05) is 15.9 Å². The third-order valence-corrected chi connectivity index (χ3v) is 4.27. The predicted octanol–water partition coefficient (Wildman–Crippen LogP) is 2.40. The van der Waals surface area contributed by atoms with Crippen LogP contribution in [0.15, 0.2) is 16.6 Å². The van der Waals surface area contributed by atoms with E-state index in [0.29, 0.717) is 11.1 Å². The Morgan fingerprint density at radius 2 is 1.94 bits per heavy atom. The predicted molar refractivity (Wildman–Crippen MR) is 67.4 cm³/mol. The second-order valence-electron chi connectivity index (χ2n) is 3.86. The highest BCUT2D eigenvalue weighted by Crippen LogP contribution is 2.34. The Morgan fingerprint density at radius 1 is 1.29 bits per heavy atom. The number of rotatable bonds is 1. The lowest BCUT2D eigenvalue weighted by atomic mass is 9.93. The van der Waals surface area contributed by atoms with E-state index in [1.54, 1.807) is 13.0 Å². The minimum Gasteiger partial charge on any atom is -0.295 e. The highest BCUT2D eigenvalue weighted by molar-refractivity contribution is 9.10. The van der Waals surface area contributed by atoms with Gasteiger partial charge in [-0.05, 0) is 46.1 Å². The zero-order valence-electron chi connectivity index (χ0n) is 8.76. The summed E-state index contributed by atoms with van der Waals surface area (Å²) in [5.74, 6) is -1.72. The largest absolute Gasteiger partial charge is 0.295 e. The Kier molecular flexibility index (Phi) is 3.36. The molecule has 1 aromatic rings. The van der Waals surface area contributed by atoms with Crippen LogP contribution in [0, 0.1) is 12.7 Å². The van der Waals surface area contributed by atoms with Crippen LogP contribution in [0.2, 0.25) is 0 Å². The van der Waals surface area contributed by atoms with Crippen molar-refractivity contribution in [2.24, 2.45) is 0 Å².